The van der Waals surface area contributed by atoms with Gasteiger partial charge in [-0.3, -0.25) is 4.21 Å². The summed E-state index contributed by atoms with van der Waals surface area (Å²) in [5.41, 5.74) is 1.01. The van der Waals surface area contributed by atoms with Crippen LogP contribution in [0.15, 0.2) is 59.5 Å². The SMILES string of the molecule is CC(Oc1cccc(CNCCCS(=O)c2ccccc2)c1)C(=O)O. The molecular formula is C19H23NO4S. The summed E-state index contributed by atoms with van der Waals surface area (Å²) in [6.07, 6.45) is -0.0653. The van der Waals surface area contributed by atoms with Crippen LogP contribution in [-0.4, -0.2) is 33.7 Å². The van der Waals surface area contributed by atoms with Gasteiger partial charge in [-0.15, -0.1) is 0 Å². The van der Waals surface area contributed by atoms with E-state index in [4.69, 9.17) is 9.84 Å². The molecule has 2 aromatic carbocycles. The second-order valence-corrected chi connectivity index (χ2v) is 7.21. The number of ether oxygens (including phenoxy) is 1. The van der Waals surface area contributed by atoms with Gasteiger partial charge in [0.05, 0.1) is 10.8 Å². The Morgan fingerprint density at radius 3 is 2.68 bits per heavy atom. The lowest BCUT2D eigenvalue weighted by molar-refractivity contribution is -0.144. The fraction of sp³-hybridized carbons (Fsp3) is 0.316. The molecule has 0 heterocycles. The van der Waals surface area contributed by atoms with E-state index in [1.54, 1.807) is 6.07 Å². The van der Waals surface area contributed by atoms with Crippen LogP contribution in [0.5, 0.6) is 5.75 Å². The largest absolute Gasteiger partial charge is 0.479 e. The van der Waals surface area contributed by atoms with Gasteiger partial charge in [0.2, 0.25) is 0 Å². The van der Waals surface area contributed by atoms with E-state index in [9.17, 15) is 9.00 Å². The second kappa shape index (κ2) is 9.96. The third-order valence-corrected chi connectivity index (χ3v) is 5.03. The van der Waals surface area contributed by atoms with Crippen LogP contribution in [0.2, 0.25) is 0 Å². The summed E-state index contributed by atoms with van der Waals surface area (Å²) >= 11 is 0. The Morgan fingerprint density at radius 1 is 1.20 bits per heavy atom. The Hall–Kier alpha value is -2.18. The first-order chi connectivity index (χ1) is 12.1. The van der Waals surface area contributed by atoms with Crippen LogP contribution in [0.3, 0.4) is 0 Å². The molecule has 2 N–H and O–H groups in total. The van der Waals surface area contributed by atoms with Gasteiger partial charge in [-0.05, 0) is 49.7 Å². The van der Waals surface area contributed by atoms with Crippen molar-refractivity contribution in [1.82, 2.24) is 5.32 Å². The van der Waals surface area contributed by atoms with Gasteiger partial charge in [0, 0.05) is 17.2 Å². The van der Waals surface area contributed by atoms with E-state index in [1.165, 1.54) is 6.92 Å². The average molecular weight is 361 g/mol. The predicted octanol–water partition coefficient (Wildman–Crippen LogP) is 2.83. The molecule has 2 atom stereocenters. The topological polar surface area (TPSA) is 75.6 Å². The molecule has 0 amide bonds. The monoisotopic (exact) mass is 361 g/mol. The lowest BCUT2D eigenvalue weighted by atomic mass is 10.2. The van der Waals surface area contributed by atoms with E-state index >= 15 is 0 Å². The minimum absolute atomic E-state index is 0.541. The van der Waals surface area contributed by atoms with Crippen molar-refractivity contribution in [2.24, 2.45) is 0 Å². The van der Waals surface area contributed by atoms with Gasteiger partial charge in [0.25, 0.3) is 0 Å². The summed E-state index contributed by atoms with van der Waals surface area (Å²) in [6.45, 7) is 2.91. The Labute approximate surface area is 150 Å². The Kier molecular flexibility index (Phi) is 7.63. The summed E-state index contributed by atoms with van der Waals surface area (Å²) in [6, 6.07) is 16.8. The van der Waals surface area contributed by atoms with E-state index in [0.717, 1.165) is 23.4 Å². The lowest BCUT2D eigenvalue weighted by Gasteiger charge is -2.11. The molecule has 0 aromatic heterocycles. The van der Waals surface area contributed by atoms with E-state index < -0.39 is 22.9 Å². The zero-order valence-corrected chi connectivity index (χ0v) is 15.0. The molecule has 25 heavy (non-hydrogen) atoms. The van der Waals surface area contributed by atoms with Crippen LogP contribution < -0.4 is 10.1 Å². The van der Waals surface area contributed by atoms with Crippen molar-refractivity contribution >= 4 is 16.8 Å². The first kappa shape index (κ1) is 19.1. The average Bonchev–Trinajstić information content (AvgIpc) is 2.62. The lowest BCUT2D eigenvalue weighted by Crippen LogP contribution is -2.23. The highest BCUT2D eigenvalue weighted by Crippen LogP contribution is 2.15. The molecule has 0 aliphatic rings. The second-order valence-electron chi connectivity index (χ2n) is 5.64. The molecule has 134 valence electrons. The van der Waals surface area contributed by atoms with Crippen molar-refractivity contribution in [2.45, 2.75) is 30.9 Å². The van der Waals surface area contributed by atoms with E-state index in [0.29, 0.717) is 18.0 Å². The fourth-order valence-electron chi connectivity index (χ4n) is 2.23. The molecule has 0 fully saturated rings. The summed E-state index contributed by atoms with van der Waals surface area (Å²) in [5, 5.41) is 12.2. The molecule has 2 rings (SSSR count). The number of aliphatic carboxylic acids is 1. The van der Waals surface area contributed by atoms with Crippen molar-refractivity contribution in [3.8, 4) is 5.75 Å². The number of carbonyl (C=O) groups is 1. The number of hydrogen-bond donors (Lipinski definition) is 2. The minimum Gasteiger partial charge on any atom is -0.479 e. The van der Waals surface area contributed by atoms with Gasteiger partial charge >= 0.3 is 5.97 Å². The zero-order valence-electron chi connectivity index (χ0n) is 14.2. The third-order valence-electron chi connectivity index (χ3n) is 3.58. The number of benzene rings is 2. The first-order valence-corrected chi connectivity index (χ1v) is 9.50. The molecule has 0 saturated carbocycles. The van der Waals surface area contributed by atoms with Crippen LogP contribution in [0.25, 0.3) is 0 Å². The number of carboxylic acid groups (broad SMARTS) is 1. The maximum Gasteiger partial charge on any atom is 0.344 e. The molecule has 0 saturated heterocycles. The summed E-state index contributed by atoms with van der Waals surface area (Å²) in [4.78, 5) is 11.7. The van der Waals surface area contributed by atoms with Crippen LogP contribution >= 0.6 is 0 Å². The van der Waals surface area contributed by atoms with Gasteiger partial charge in [-0.25, -0.2) is 4.79 Å². The Bertz CT molecular complexity index is 706. The molecule has 0 radical (unpaired) electrons. The fourth-order valence-corrected chi connectivity index (χ4v) is 3.34. The standard InChI is InChI=1S/C19H23NO4S/c1-15(19(21)22)24-17-8-5-7-16(13-17)14-20-11-6-12-25(23)18-9-3-2-4-10-18/h2-5,7-10,13,15,20H,6,11-12,14H2,1H3,(H,21,22). The molecule has 2 aromatic rings. The normalized spacial score (nSPS) is 13.2. The molecule has 0 aliphatic heterocycles. The molecular weight excluding hydrogens is 338 g/mol. The van der Waals surface area contributed by atoms with Gasteiger partial charge < -0.3 is 15.2 Å². The van der Waals surface area contributed by atoms with Crippen LogP contribution in [0, 0.1) is 0 Å². The van der Waals surface area contributed by atoms with E-state index in [1.807, 2.05) is 48.5 Å². The molecule has 6 heteroatoms. The van der Waals surface area contributed by atoms with Crippen molar-refractivity contribution < 1.29 is 18.8 Å². The quantitative estimate of drug-likeness (QED) is 0.637. The maximum absolute atomic E-state index is 12.1. The van der Waals surface area contributed by atoms with Gasteiger partial charge in [0.15, 0.2) is 6.10 Å². The highest BCUT2D eigenvalue weighted by atomic mass is 32.2. The molecule has 5 nitrogen and oxygen atoms in total. The van der Waals surface area contributed by atoms with Crippen molar-refractivity contribution in [1.29, 1.82) is 0 Å². The summed E-state index contributed by atoms with van der Waals surface area (Å²) in [7, 11) is -0.962. The van der Waals surface area contributed by atoms with Crippen molar-refractivity contribution in [3.63, 3.8) is 0 Å². The summed E-state index contributed by atoms with van der Waals surface area (Å²) < 4.78 is 17.5. The van der Waals surface area contributed by atoms with Crippen LogP contribution in [0.1, 0.15) is 18.9 Å². The van der Waals surface area contributed by atoms with E-state index in [-0.39, 0.29) is 0 Å². The summed E-state index contributed by atoms with van der Waals surface area (Å²) in [5.74, 6) is 0.172. The highest BCUT2D eigenvalue weighted by Gasteiger charge is 2.12. The van der Waals surface area contributed by atoms with Crippen LogP contribution in [-0.2, 0) is 22.1 Å². The molecule has 2 unspecified atom stereocenters. The van der Waals surface area contributed by atoms with Crippen LogP contribution in [0.4, 0.5) is 0 Å². The Morgan fingerprint density at radius 2 is 1.96 bits per heavy atom. The van der Waals surface area contributed by atoms with Gasteiger partial charge in [-0.1, -0.05) is 30.3 Å². The predicted molar refractivity (Wildman–Crippen MR) is 98.2 cm³/mol. The Balaban J connectivity index is 1.71. The van der Waals surface area contributed by atoms with Gasteiger partial charge in [-0.2, -0.15) is 0 Å². The highest BCUT2D eigenvalue weighted by molar-refractivity contribution is 7.85. The smallest absolute Gasteiger partial charge is 0.344 e. The number of carboxylic acids is 1. The molecule has 0 spiro atoms. The van der Waals surface area contributed by atoms with Crippen molar-refractivity contribution in [3.05, 3.63) is 60.2 Å². The number of nitrogens with one attached hydrogen (secondary N) is 1. The van der Waals surface area contributed by atoms with E-state index in [2.05, 4.69) is 5.32 Å². The molecule has 0 bridgehead atoms. The third kappa shape index (κ3) is 6.68. The van der Waals surface area contributed by atoms with Crippen molar-refractivity contribution in [2.75, 3.05) is 12.3 Å². The molecule has 0 aliphatic carbocycles. The zero-order chi connectivity index (χ0) is 18.1. The maximum atomic E-state index is 12.1. The minimum atomic E-state index is -0.991. The number of hydrogen-bond acceptors (Lipinski definition) is 4. The first-order valence-electron chi connectivity index (χ1n) is 8.19. The van der Waals surface area contributed by atoms with Gasteiger partial charge in [0.1, 0.15) is 5.75 Å². The number of rotatable bonds is 10.